The van der Waals surface area contributed by atoms with Crippen molar-refractivity contribution in [1.29, 1.82) is 0 Å². The van der Waals surface area contributed by atoms with E-state index < -0.39 is 0 Å². The molecule has 0 radical (unpaired) electrons. The number of benzene rings is 1. The molecule has 0 atom stereocenters. The van der Waals surface area contributed by atoms with Crippen LogP contribution in [0.5, 0.6) is 0 Å². The van der Waals surface area contributed by atoms with Gasteiger partial charge in [-0.05, 0) is 18.6 Å². The number of nitrogens with one attached hydrogen (secondary N) is 1. The van der Waals surface area contributed by atoms with E-state index in [9.17, 15) is 4.79 Å². The van der Waals surface area contributed by atoms with E-state index in [0.717, 1.165) is 17.1 Å². The molecule has 7 nitrogen and oxygen atoms in total. The van der Waals surface area contributed by atoms with Crippen molar-refractivity contribution in [2.75, 3.05) is 5.32 Å². The Morgan fingerprint density at radius 3 is 2.74 bits per heavy atom. The first-order valence-electron chi connectivity index (χ1n) is 7.40. The van der Waals surface area contributed by atoms with Gasteiger partial charge in [-0.3, -0.25) is 4.79 Å². The van der Waals surface area contributed by atoms with Crippen molar-refractivity contribution in [3.05, 3.63) is 60.7 Å². The predicted molar refractivity (Wildman–Crippen MR) is 85.8 cm³/mol. The van der Waals surface area contributed by atoms with Crippen LogP contribution < -0.4 is 5.32 Å². The van der Waals surface area contributed by atoms with Gasteiger partial charge < -0.3 is 14.5 Å². The molecule has 118 valence electrons. The van der Waals surface area contributed by atoms with E-state index in [2.05, 4.69) is 20.5 Å². The maximum atomic E-state index is 12.1. The Morgan fingerprint density at radius 2 is 2.00 bits per heavy atom. The molecule has 0 saturated heterocycles. The van der Waals surface area contributed by atoms with Crippen LogP contribution in [0.3, 0.4) is 0 Å². The van der Waals surface area contributed by atoms with E-state index in [1.165, 1.54) is 0 Å². The van der Waals surface area contributed by atoms with E-state index >= 15 is 0 Å². The molecule has 2 aromatic heterocycles. The number of carbonyl (C=O) groups excluding carboxylic acids is 1. The zero-order valence-electron chi connectivity index (χ0n) is 12.9. The summed E-state index contributed by atoms with van der Waals surface area (Å²) in [5, 5.41) is 10.4. The highest BCUT2D eigenvalue weighted by molar-refractivity contribution is 5.91. The number of amides is 1. The first kappa shape index (κ1) is 15.0. The third kappa shape index (κ3) is 3.82. The maximum Gasteiger partial charge on any atom is 0.226 e. The zero-order valence-corrected chi connectivity index (χ0v) is 12.9. The van der Waals surface area contributed by atoms with Crippen molar-refractivity contribution in [1.82, 2.24) is 24.3 Å². The highest BCUT2D eigenvalue weighted by Crippen LogP contribution is 2.17. The van der Waals surface area contributed by atoms with Gasteiger partial charge in [-0.1, -0.05) is 18.2 Å². The minimum Gasteiger partial charge on any atom is -0.331 e. The maximum absolute atomic E-state index is 12.1. The van der Waals surface area contributed by atoms with Gasteiger partial charge in [-0.15, -0.1) is 10.2 Å². The highest BCUT2D eigenvalue weighted by atomic mass is 16.1. The molecule has 1 amide bonds. The van der Waals surface area contributed by atoms with Crippen LogP contribution in [0.1, 0.15) is 17.8 Å². The molecule has 0 bridgehead atoms. The fourth-order valence-corrected chi connectivity index (χ4v) is 2.32. The summed E-state index contributed by atoms with van der Waals surface area (Å²) in [6.45, 7) is 3.19. The summed E-state index contributed by atoms with van der Waals surface area (Å²) >= 11 is 0. The number of carbonyl (C=O) groups is 1. The first-order valence-corrected chi connectivity index (χ1v) is 7.40. The number of para-hydroxylation sites is 1. The third-order valence-corrected chi connectivity index (χ3v) is 3.62. The lowest BCUT2D eigenvalue weighted by Gasteiger charge is -2.12. The van der Waals surface area contributed by atoms with Crippen molar-refractivity contribution < 1.29 is 4.79 Å². The minimum atomic E-state index is -0.0338. The Labute approximate surface area is 134 Å². The van der Waals surface area contributed by atoms with Crippen LogP contribution in [-0.4, -0.2) is 30.2 Å². The lowest BCUT2D eigenvalue weighted by molar-refractivity contribution is -0.116. The van der Waals surface area contributed by atoms with E-state index in [4.69, 9.17) is 0 Å². The zero-order chi connectivity index (χ0) is 16.1. The predicted octanol–water partition coefficient (Wildman–Crippen LogP) is 1.86. The Morgan fingerprint density at radius 1 is 1.22 bits per heavy atom. The van der Waals surface area contributed by atoms with Gasteiger partial charge in [0.05, 0.1) is 6.54 Å². The van der Waals surface area contributed by atoms with Gasteiger partial charge in [0.1, 0.15) is 18.5 Å². The van der Waals surface area contributed by atoms with Gasteiger partial charge in [-0.25, -0.2) is 4.98 Å². The van der Waals surface area contributed by atoms with Gasteiger partial charge in [0.2, 0.25) is 5.91 Å². The number of nitrogens with zero attached hydrogens (tertiary/aromatic N) is 5. The molecular formula is C16H18N6O. The van der Waals surface area contributed by atoms with Crippen molar-refractivity contribution in [3.8, 4) is 0 Å². The Balaban J connectivity index is 1.65. The van der Waals surface area contributed by atoms with E-state index in [-0.39, 0.29) is 5.91 Å². The Bertz CT molecular complexity index is 777. The molecule has 2 heterocycles. The quantitative estimate of drug-likeness (QED) is 0.754. The van der Waals surface area contributed by atoms with Crippen LogP contribution in [0.2, 0.25) is 0 Å². The molecule has 23 heavy (non-hydrogen) atoms. The molecule has 1 aromatic carbocycles. The Hall–Kier alpha value is -2.96. The van der Waals surface area contributed by atoms with Crippen LogP contribution in [0.4, 0.5) is 5.69 Å². The summed E-state index contributed by atoms with van der Waals surface area (Å²) in [6, 6.07) is 7.81. The monoisotopic (exact) mass is 310 g/mol. The fourth-order valence-electron chi connectivity index (χ4n) is 2.32. The molecule has 0 aliphatic carbocycles. The summed E-state index contributed by atoms with van der Waals surface area (Å²) in [7, 11) is 0. The number of aryl methyl sites for hydroxylation is 2. The van der Waals surface area contributed by atoms with Crippen LogP contribution in [-0.2, 0) is 17.9 Å². The number of imidazole rings is 1. The molecule has 1 N–H and O–H groups in total. The molecular weight excluding hydrogens is 292 g/mol. The second-order valence-electron chi connectivity index (χ2n) is 5.26. The molecule has 3 aromatic rings. The van der Waals surface area contributed by atoms with Crippen LogP contribution >= 0.6 is 0 Å². The molecule has 0 saturated carbocycles. The topological polar surface area (TPSA) is 77.6 Å². The third-order valence-electron chi connectivity index (χ3n) is 3.62. The summed E-state index contributed by atoms with van der Waals surface area (Å²) in [5.74, 6) is 0.909. The second kappa shape index (κ2) is 6.87. The molecule has 0 aliphatic heterocycles. The first-order chi connectivity index (χ1) is 11.2. The van der Waals surface area contributed by atoms with E-state index in [1.807, 2.05) is 42.0 Å². The molecule has 0 unspecified atom stereocenters. The molecule has 0 aliphatic rings. The molecule has 0 spiro atoms. The number of aromatic nitrogens is 5. The van der Waals surface area contributed by atoms with Gasteiger partial charge in [0.25, 0.3) is 0 Å². The number of rotatable bonds is 6. The lowest BCUT2D eigenvalue weighted by atomic mass is 10.1. The van der Waals surface area contributed by atoms with E-state index in [1.54, 1.807) is 23.4 Å². The summed E-state index contributed by atoms with van der Waals surface area (Å²) in [4.78, 5) is 16.4. The van der Waals surface area contributed by atoms with Crippen molar-refractivity contribution in [3.63, 3.8) is 0 Å². The normalized spacial score (nSPS) is 10.7. The minimum absolute atomic E-state index is 0.0338. The summed E-state index contributed by atoms with van der Waals surface area (Å²) in [6.07, 6.45) is 7.28. The summed E-state index contributed by atoms with van der Waals surface area (Å²) < 4.78 is 3.82. The molecule has 0 fully saturated rings. The molecule has 7 heteroatoms. The van der Waals surface area contributed by atoms with Crippen LogP contribution in [0, 0.1) is 6.92 Å². The standard InChI is InChI=1S/C16H18N6O/c1-13-17-7-9-22(13)10-14-4-2-3-5-15(14)20-16(23)6-8-21-11-18-19-12-21/h2-5,7,9,11-12H,6,8,10H2,1H3,(H,20,23). The van der Waals surface area contributed by atoms with Crippen LogP contribution in [0.25, 0.3) is 0 Å². The van der Waals surface area contributed by atoms with Crippen molar-refractivity contribution in [2.45, 2.75) is 26.4 Å². The SMILES string of the molecule is Cc1nccn1Cc1ccccc1NC(=O)CCn1cnnc1. The van der Waals surface area contributed by atoms with Crippen molar-refractivity contribution in [2.24, 2.45) is 0 Å². The summed E-state index contributed by atoms with van der Waals surface area (Å²) in [5.41, 5.74) is 1.88. The Kier molecular flexibility index (Phi) is 4.46. The number of hydrogen-bond donors (Lipinski definition) is 1. The smallest absolute Gasteiger partial charge is 0.226 e. The average molecular weight is 310 g/mol. The number of anilines is 1. The van der Waals surface area contributed by atoms with E-state index in [0.29, 0.717) is 19.5 Å². The second-order valence-corrected chi connectivity index (χ2v) is 5.26. The van der Waals surface area contributed by atoms with Crippen LogP contribution in [0.15, 0.2) is 49.3 Å². The molecule has 3 rings (SSSR count). The van der Waals surface area contributed by atoms with Gasteiger partial charge in [0.15, 0.2) is 0 Å². The lowest BCUT2D eigenvalue weighted by Crippen LogP contribution is -2.16. The average Bonchev–Trinajstić information content (AvgIpc) is 3.20. The number of hydrogen-bond acceptors (Lipinski definition) is 4. The van der Waals surface area contributed by atoms with Gasteiger partial charge in [0, 0.05) is 31.0 Å². The van der Waals surface area contributed by atoms with Crippen molar-refractivity contribution >= 4 is 11.6 Å². The van der Waals surface area contributed by atoms with Gasteiger partial charge in [-0.2, -0.15) is 0 Å². The fraction of sp³-hybridized carbons (Fsp3) is 0.250. The largest absolute Gasteiger partial charge is 0.331 e. The van der Waals surface area contributed by atoms with Gasteiger partial charge >= 0.3 is 0 Å². The highest BCUT2D eigenvalue weighted by Gasteiger charge is 2.08.